The fourth-order valence-electron chi connectivity index (χ4n) is 1.88. The Kier molecular flexibility index (Phi) is 6.43. The van der Waals surface area contributed by atoms with E-state index in [1.165, 1.54) is 0 Å². The fourth-order valence-corrected chi connectivity index (χ4v) is 2.16. The minimum absolute atomic E-state index is 0.0370. The number of hydrogen-bond donors (Lipinski definition) is 0. The third-order valence-electron chi connectivity index (χ3n) is 2.76. The Labute approximate surface area is 131 Å². The highest BCUT2D eigenvalue weighted by Crippen LogP contribution is 2.37. The summed E-state index contributed by atoms with van der Waals surface area (Å²) in [6.45, 7) is 11.2. The van der Waals surface area contributed by atoms with Gasteiger partial charge in [-0.15, -0.1) is 6.58 Å². The third kappa shape index (κ3) is 4.33. The number of nitrogens with zero attached hydrogens (tertiary/aromatic N) is 3. The summed E-state index contributed by atoms with van der Waals surface area (Å²) in [5.41, 5.74) is 2.86. The van der Waals surface area contributed by atoms with Crippen molar-refractivity contribution in [2.75, 3.05) is 7.11 Å². The lowest BCUT2D eigenvalue weighted by Crippen LogP contribution is -2.28. The van der Waals surface area contributed by atoms with Gasteiger partial charge in [0.2, 0.25) is 5.29 Å². The molecule has 0 fully saturated rings. The average Bonchev–Trinajstić information content (AvgIpc) is 2.44. The van der Waals surface area contributed by atoms with Crippen molar-refractivity contribution in [1.82, 2.24) is 5.01 Å². The second-order valence-corrected chi connectivity index (χ2v) is 5.12. The Morgan fingerprint density at radius 2 is 2.10 bits per heavy atom. The smallest absolute Gasteiger partial charge is 0.220 e. The zero-order valence-electron chi connectivity index (χ0n) is 13.2. The molecule has 0 aliphatic carbocycles. The summed E-state index contributed by atoms with van der Waals surface area (Å²) >= 11 is 6.16. The molecule has 1 heterocycles. The number of allylic oxidation sites excluding steroid dienone is 1. The van der Waals surface area contributed by atoms with Crippen molar-refractivity contribution < 1.29 is 4.74 Å². The molecule has 114 valence electrons. The maximum absolute atomic E-state index is 6.16. The van der Waals surface area contributed by atoms with Gasteiger partial charge in [0.1, 0.15) is 5.75 Å². The van der Waals surface area contributed by atoms with Gasteiger partial charge in [-0.2, -0.15) is 5.10 Å². The predicted octanol–water partition coefficient (Wildman–Crippen LogP) is 4.89. The molecule has 2 rings (SSSR count). The third-order valence-corrected chi connectivity index (χ3v) is 3.02. The SMILES string of the molecule is C=CC.COc1ccc2c(c1)C(C)N(N=C(C)C)C(Cl)=N2. The van der Waals surface area contributed by atoms with E-state index >= 15 is 0 Å². The summed E-state index contributed by atoms with van der Waals surface area (Å²) in [6.07, 6.45) is 1.75. The first-order valence-electron chi connectivity index (χ1n) is 6.74. The number of methoxy groups -OCH3 is 1. The van der Waals surface area contributed by atoms with Crippen LogP contribution in [0, 0.1) is 0 Å². The van der Waals surface area contributed by atoms with E-state index < -0.39 is 0 Å². The van der Waals surface area contributed by atoms with Crippen molar-refractivity contribution in [1.29, 1.82) is 0 Å². The Hall–Kier alpha value is -1.81. The Bertz CT molecular complexity index is 563. The van der Waals surface area contributed by atoms with Gasteiger partial charge in [0.15, 0.2) is 0 Å². The standard InChI is InChI=1S/C13H16ClN3O.C3H6/c1-8(2)16-17-9(3)11-7-10(18-4)5-6-12(11)15-13(17)14;1-3-2/h5-7,9H,1-4H3;3H,1H2,2H3. The van der Waals surface area contributed by atoms with Crippen molar-refractivity contribution in [3.63, 3.8) is 0 Å². The van der Waals surface area contributed by atoms with Crippen molar-refractivity contribution >= 4 is 28.3 Å². The molecule has 4 nitrogen and oxygen atoms in total. The molecule has 1 aliphatic heterocycles. The lowest BCUT2D eigenvalue weighted by molar-refractivity contribution is 0.352. The van der Waals surface area contributed by atoms with E-state index in [2.05, 4.69) is 16.7 Å². The van der Waals surface area contributed by atoms with Crippen LogP contribution < -0.4 is 4.74 Å². The van der Waals surface area contributed by atoms with Crippen molar-refractivity contribution in [3.05, 3.63) is 36.4 Å². The van der Waals surface area contributed by atoms with E-state index in [1.54, 1.807) is 18.2 Å². The van der Waals surface area contributed by atoms with Gasteiger partial charge in [0.25, 0.3) is 0 Å². The van der Waals surface area contributed by atoms with E-state index in [0.29, 0.717) is 5.29 Å². The molecule has 0 saturated heterocycles. The van der Waals surface area contributed by atoms with E-state index in [4.69, 9.17) is 16.3 Å². The zero-order chi connectivity index (χ0) is 16.0. The number of fused-ring (bicyclic) bond motifs is 1. The zero-order valence-corrected chi connectivity index (χ0v) is 14.0. The normalized spacial score (nSPS) is 16.0. The van der Waals surface area contributed by atoms with E-state index in [1.807, 2.05) is 45.9 Å². The van der Waals surface area contributed by atoms with Gasteiger partial charge in [0.05, 0.1) is 18.8 Å². The van der Waals surface area contributed by atoms with Crippen LogP contribution in [0.5, 0.6) is 5.75 Å². The molecule has 1 aliphatic rings. The van der Waals surface area contributed by atoms with Crippen molar-refractivity contribution in [3.8, 4) is 5.75 Å². The molecule has 1 atom stereocenters. The van der Waals surface area contributed by atoms with Gasteiger partial charge in [-0.25, -0.2) is 10.0 Å². The van der Waals surface area contributed by atoms with E-state index in [9.17, 15) is 0 Å². The Morgan fingerprint density at radius 3 is 2.62 bits per heavy atom. The lowest BCUT2D eigenvalue weighted by atomic mass is 10.0. The van der Waals surface area contributed by atoms with E-state index in [0.717, 1.165) is 22.7 Å². The highest BCUT2D eigenvalue weighted by molar-refractivity contribution is 6.65. The summed E-state index contributed by atoms with van der Waals surface area (Å²) in [7, 11) is 1.65. The molecule has 0 N–H and O–H groups in total. The minimum Gasteiger partial charge on any atom is -0.497 e. The topological polar surface area (TPSA) is 37.2 Å². The molecular formula is C16H22ClN3O. The molecule has 0 spiro atoms. The molecule has 0 saturated carbocycles. The lowest BCUT2D eigenvalue weighted by Gasteiger charge is -2.30. The van der Waals surface area contributed by atoms with Crippen LogP contribution in [-0.4, -0.2) is 23.1 Å². The highest BCUT2D eigenvalue weighted by atomic mass is 35.5. The van der Waals surface area contributed by atoms with Gasteiger partial charge in [-0.1, -0.05) is 6.08 Å². The molecule has 1 aromatic rings. The fraction of sp³-hybridized carbons (Fsp3) is 0.375. The number of ether oxygens (including phenoxy) is 1. The molecule has 0 bridgehead atoms. The second-order valence-electron chi connectivity index (χ2n) is 4.78. The average molecular weight is 308 g/mol. The number of hydrazone groups is 1. The summed E-state index contributed by atoms with van der Waals surface area (Å²) in [4.78, 5) is 4.35. The molecule has 1 aromatic carbocycles. The maximum atomic E-state index is 6.16. The molecule has 5 heteroatoms. The molecule has 1 unspecified atom stereocenters. The molecular weight excluding hydrogens is 286 g/mol. The van der Waals surface area contributed by atoms with Crippen LogP contribution in [-0.2, 0) is 0 Å². The quantitative estimate of drug-likeness (QED) is 0.443. The van der Waals surface area contributed by atoms with Gasteiger partial charge in [0, 0.05) is 11.3 Å². The number of hydrogen-bond acceptors (Lipinski definition) is 4. The van der Waals surface area contributed by atoms with Crippen LogP contribution >= 0.6 is 11.6 Å². The Balaban J connectivity index is 0.000000677. The van der Waals surface area contributed by atoms with E-state index in [-0.39, 0.29) is 6.04 Å². The van der Waals surface area contributed by atoms with Crippen LogP contribution in [0.3, 0.4) is 0 Å². The van der Waals surface area contributed by atoms with Crippen molar-refractivity contribution in [2.24, 2.45) is 10.1 Å². The number of halogens is 1. The minimum atomic E-state index is 0.0370. The van der Waals surface area contributed by atoms with Crippen LogP contribution in [0.2, 0.25) is 0 Å². The van der Waals surface area contributed by atoms with Gasteiger partial charge in [-0.05, 0) is 57.5 Å². The first-order valence-corrected chi connectivity index (χ1v) is 7.12. The maximum Gasteiger partial charge on any atom is 0.220 e. The second kappa shape index (κ2) is 7.84. The van der Waals surface area contributed by atoms with Gasteiger partial charge < -0.3 is 4.74 Å². The van der Waals surface area contributed by atoms with Crippen LogP contribution in [0.25, 0.3) is 0 Å². The molecule has 0 aromatic heterocycles. The first-order chi connectivity index (χ1) is 9.94. The highest BCUT2D eigenvalue weighted by Gasteiger charge is 2.26. The first kappa shape index (κ1) is 17.2. The van der Waals surface area contributed by atoms with Gasteiger partial charge in [-0.3, -0.25) is 0 Å². The molecule has 21 heavy (non-hydrogen) atoms. The van der Waals surface area contributed by atoms with Crippen LogP contribution in [0.4, 0.5) is 5.69 Å². The van der Waals surface area contributed by atoms with Crippen LogP contribution in [0.15, 0.2) is 40.9 Å². The number of rotatable bonds is 2. The largest absolute Gasteiger partial charge is 0.497 e. The number of aliphatic imine (C=N–C) groups is 1. The monoisotopic (exact) mass is 307 g/mol. The summed E-state index contributed by atoms with van der Waals surface area (Å²) in [6, 6.07) is 5.80. The summed E-state index contributed by atoms with van der Waals surface area (Å²) < 4.78 is 5.24. The summed E-state index contributed by atoms with van der Waals surface area (Å²) in [5.74, 6) is 0.811. The molecule has 0 amide bonds. The van der Waals surface area contributed by atoms with Crippen LogP contribution in [0.1, 0.15) is 39.3 Å². The predicted molar refractivity (Wildman–Crippen MR) is 90.9 cm³/mol. The van der Waals surface area contributed by atoms with Crippen molar-refractivity contribution in [2.45, 2.75) is 33.7 Å². The summed E-state index contributed by atoms with van der Waals surface area (Å²) in [5, 5.41) is 6.51. The Morgan fingerprint density at radius 1 is 1.48 bits per heavy atom. The van der Waals surface area contributed by atoms with Gasteiger partial charge >= 0.3 is 0 Å². The number of amidine groups is 1. The molecule has 0 radical (unpaired) electrons. The number of benzene rings is 1.